The first-order valence-corrected chi connectivity index (χ1v) is 8.58. The van der Waals surface area contributed by atoms with Crippen molar-refractivity contribution in [3.05, 3.63) is 41.3 Å². The van der Waals surface area contributed by atoms with E-state index in [0.29, 0.717) is 5.69 Å². The van der Waals surface area contributed by atoms with Crippen LogP contribution in [0.25, 0.3) is 0 Å². The molecule has 114 valence electrons. The summed E-state index contributed by atoms with van der Waals surface area (Å²) in [5, 5.41) is -0.0798. The number of unbranched alkanes of at least 4 members (excludes halogenated alkanes) is 1. The van der Waals surface area contributed by atoms with Crippen LogP contribution in [0, 0.1) is 0 Å². The van der Waals surface area contributed by atoms with Crippen LogP contribution in [0.2, 0.25) is 5.15 Å². The molecule has 0 aliphatic carbocycles. The van der Waals surface area contributed by atoms with Crippen molar-refractivity contribution in [2.24, 2.45) is 7.05 Å². The molecule has 0 radical (unpaired) electrons. The number of aryl methyl sites for hydroxylation is 2. The molecule has 0 fully saturated rings. The Labute approximate surface area is 130 Å². The second kappa shape index (κ2) is 6.49. The summed E-state index contributed by atoms with van der Waals surface area (Å²) < 4.78 is 28.4. The number of aromatic nitrogens is 2. The van der Waals surface area contributed by atoms with Crippen LogP contribution in [-0.2, 0) is 23.5 Å². The van der Waals surface area contributed by atoms with Gasteiger partial charge < -0.3 is 4.57 Å². The first-order valence-electron chi connectivity index (χ1n) is 6.72. The summed E-state index contributed by atoms with van der Waals surface area (Å²) in [5.74, 6) is 0. The normalized spacial score (nSPS) is 11.6. The molecular weight excluding hydrogens is 310 g/mol. The molecule has 0 aliphatic heterocycles. The standard InChI is InChI=1S/C14H18ClN3O2S/c1-3-4-5-11-6-8-12(9-7-11)17-21(19,20)14-13(15)18(2)10-16-14/h6-10,17H,3-5H2,1-2H3. The summed E-state index contributed by atoms with van der Waals surface area (Å²) >= 11 is 5.92. The zero-order valence-corrected chi connectivity index (χ0v) is 13.6. The van der Waals surface area contributed by atoms with Crippen molar-refractivity contribution >= 4 is 27.3 Å². The fraction of sp³-hybridized carbons (Fsp3) is 0.357. The Bertz CT molecular complexity index is 708. The number of rotatable bonds is 6. The molecule has 1 N–H and O–H groups in total. The molecule has 0 saturated carbocycles. The van der Waals surface area contributed by atoms with Crippen molar-refractivity contribution in [1.82, 2.24) is 9.55 Å². The molecule has 0 amide bonds. The second-order valence-corrected chi connectivity index (χ2v) is 6.81. The predicted octanol–water partition coefficient (Wildman–Crippen LogP) is 3.22. The van der Waals surface area contributed by atoms with Crippen LogP contribution in [0.5, 0.6) is 0 Å². The van der Waals surface area contributed by atoms with E-state index in [1.165, 1.54) is 16.5 Å². The molecule has 0 bridgehead atoms. The minimum absolute atomic E-state index is 0.0852. The zero-order valence-electron chi connectivity index (χ0n) is 12.0. The third-order valence-electron chi connectivity index (χ3n) is 3.11. The highest BCUT2D eigenvalue weighted by Crippen LogP contribution is 2.22. The van der Waals surface area contributed by atoms with Crippen LogP contribution in [0.3, 0.4) is 0 Å². The van der Waals surface area contributed by atoms with E-state index in [2.05, 4.69) is 16.6 Å². The zero-order chi connectivity index (χ0) is 15.5. The van der Waals surface area contributed by atoms with Crippen molar-refractivity contribution in [2.75, 3.05) is 4.72 Å². The number of hydrogen-bond donors (Lipinski definition) is 1. The minimum atomic E-state index is -3.77. The first-order chi connectivity index (χ1) is 9.94. The van der Waals surface area contributed by atoms with E-state index < -0.39 is 10.0 Å². The van der Waals surface area contributed by atoms with Crippen LogP contribution in [0.1, 0.15) is 25.3 Å². The van der Waals surface area contributed by atoms with E-state index in [9.17, 15) is 8.42 Å². The van der Waals surface area contributed by atoms with Gasteiger partial charge in [0, 0.05) is 12.7 Å². The molecule has 1 heterocycles. The first kappa shape index (κ1) is 15.9. The van der Waals surface area contributed by atoms with Crippen molar-refractivity contribution in [1.29, 1.82) is 0 Å². The molecule has 0 atom stereocenters. The summed E-state index contributed by atoms with van der Waals surface area (Å²) in [6.45, 7) is 2.14. The van der Waals surface area contributed by atoms with E-state index in [-0.39, 0.29) is 10.2 Å². The molecule has 21 heavy (non-hydrogen) atoms. The number of halogens is 1. The number of anilines is 1. The Kier molecular flexibility index (Phi) is 4.90. The Morgan fingerprint density at radius 3 is 2.48 bits per heavy atom. The molecule has 2 rings (SSSR count). The average molecular weight is 328 g/mol. The van der Waals surface area contributed by atoms with Crippen LogP contribution < -0.4 is 4.72 Å². The number of nitrogens with one attached hydrogen (secondary N) is 1. The van der Waals surface area contributed by atoms with E-state index in [1.807, 2.05) is 12.1 Å². The van der Waals surface area contributed by atoms with E-state index in [0.717, 1.165) is 19.3 Å². The number of hydrogen-bond acceptors (Lipinski definition) is 3. The summed E-state index contributed by atoms with van der Waals surface area (Å²) in [6.07, 6.45) is 4.61. The lowest BCUT2D eigenvalue weighted by molar-refractivity contribution is 0.598. The quantitative estimate of drug-likeness (QED) is 0.886. The molecule has 2 aromatic rings. The van der Waals surface area contributed by atoms with Crippen LogP contribution in [0.4, 0.5) is 5.69 Å². The molecule has 0 spiro atoms. The molecule has 1 aromatic heterocycles. The fourth-order valence-electron chi connectivity index (χ4n) is 1.90. The Balaban J connectivity index is 2.15. The lowest BCUT2D eigenvalue weighted by Gasteiger charge is -2.07. The topological polar surface area (TPSA) is 64.0 Å². The smallest absolute Gasteiger partial charge is 0.282 e. The van der Waals surface area contributed by atoms with Crippen molar-refractivity contribution in [2.45, 2.75) is 31.2 Å². The van der Waals surface area contributed by atoms with Gasteiger partial charge in [-0.15, -0.1) is 0 Å². The van der Waals surface area contributed by atoms with Crippen LogP contribution in [-0.4, -0.2) is 18.0 Å². The summed E-state index contributed by atoms with van der Waals surface area (Å²) in [6, 6.07) is 7.35. The van der Waals surface area contributed by atoms with E-state index in [4.69, 9.17) is 11.6 Å². The average Bonchev–Trinajstić information content (AvgIpc) is 2.78. The van der Waals surface area contributed by atoms with Gasteiger partial charge in [0.25, 0.3) is 10.0 Å². The lowest BCUT2D eigenvalue weighted by Crippen LogP contribution is -2.14. The van der Waals surface area contributed by atoms with Gasteiger partial charge in [-0.3, -0.25) is 4.72 Å². The van der Waals surface area contributed by atoms with Gasteiger partial charge >= 0.3 is 0 Å². The molecule has 0 aliphatic rings. The number of imidazole rings is 1. The third-order valence-corrected chi connectivity index (χ3v) is 4.98. The maximum Gasteiger partial charge on any atom is 0.282 e. The Morgan fingerprint density at radius 1 is 1.29 bits per heavy atom. The SMILES string of the molecule is CCCCc1ccc(NS(=O)(=O)c2ncn(C)c2Cl)cc1. The molecular formula is C14H18ClN3O2S. The maximum atomic E-state index is 12.2. The molecule has 0 unspecified atom stereocenters. The van der Waals surface area contributed by atoms with Crippen LogP contribution in [0.15, 0.2) is 35.6 Å². The molecule has 5 nitrogen and oxygen atoms in total. The Morgan fingerprint density at radius 2 is 1.95 bits per heavy atom. The second-order valence-electron chi connectivity index (χ2n) is 4.86. The monoisotopic (exact) mass is 327 g/mol. The number of sulfonamides is 1. The van der Waals surface area contributed by atoms with E-state index in [1.54, 1.807) is 19.2 Å². The summed E-state index contributed by atoms with van der Waals surface area (Å²) in [4.78, 5) is 3.82. The van der Waals surface area contributed by atoms with Gasteiger partial charge in [0.05, 0.1) is 6.33 Å². The number of nitrogens with zero attached hydrogens (tertiary/aromatic N) is 2. The van der Waals surface area contributed by atoms with Gasteiger partial charge in [0.2, 0.25) is 5.03 Å². The molecule has 1 aromatic carbocycles. The highest BCUT2D eigenvalue weighted by molar-refractivity contribution is 7.92. The largest absolute Gasteiger partial charge is 0.324 e. The van der Waals surface area contributed by atoms with Gasteiger partial charge in [0.1, 0.15) is 5.15 Å². The molecule has 0 saturated heterocycles. The maximum absolute atomic E-state index is 12.2. The fourth-order valence-corrected chi connectivity index (χ4v) is 3.39. The lowest BCUT2D eigenvalue weighted by atomic mass is 10.1. The van der Waals surface area contributed by atoms with E-state index >= 15 is 0 Å². The Hall–Kier alpha value is -1.53. The highest BCUT2D eigenvalue weighted by atomic mass is 35.5. The van der Waals surface area contributed by atoms with Crippen molar-refractivity contribution in [3.8, 4) is 0 Å². The summed E-state index contributed by atoms with van der Waals surface area (Å²) in [5.41, 5.74) is 1.69. The predicted molar refractivity (Wildman–Crippen MR) is 84.1 cm³/mol. The van der Waals surface area contributed by atoms with Gasteiger partial charge in [-0.1, -0.05) is 37.1 Å². The minimum Gasteiger partial charge on any atom is -0.324 e. The van der Waals surface area contributed by atoms with Gasteiger partial charge in [0.15, 0.2) is 0 Å². The van der Waals surface area contributed by atoms with Crippen molar-refractivity contribution < 1.29 is 8.42 Å². The van der Waals surface area contributed by atoms with Gasteiger partial charge in [-0.2, -0.15) is 8.42 Å². The van der Waals surface area contributed by atoms with Crippen molar-refractivity contribution in [3.63, 3.8) is 0 Å². The number of benzene rings is 1. The third kappa shape index (κ3) is 3.77. The van der Waals surface area contributed by atoms with Gasteiger partial charge in [-0.05, 0) is 30.5 Å². The van der Waals surface area contributed by atoms with Gasteiger partial charge in [-0.25, -0.2) is 4.98 Å². The summed E-state index contributed by atoms with van der Waals surface area (Å²) in [7, 11) is -2.13. The highest BCUT2D eigenvalue weighted by Gasteiger charge is 2.22. The molecule has 7 heteroatoms. The van der Waals surface area contributed by atoms with Crippen LogP contribution >= 0.6 is 11.6 Å².